The highest BCUT2D eigenvalue weighted by atomic mass is 32.1. The third-order valence-corrected chi connectivity index (χ3v) is 5.85. The van der Waals surface area contributed by atoms with Crippen LogP contribution in [0, 0.1) is 13.8 Å². The van der Waals surface area contributed by atoms with Gasteiger partial charge in [0.05, 0.1) is 5.39 Å². The van der Waals surface area contributed by atoms with Gasteiger partial charge in [0.15, 0.2) is 6.61 Å². The zero-order valence-electron chi connectivity index (χ0n) is 14.4. The number of para-hydroxylation sites is 1. The van der Waals surface area contributed by atoms with E-state index in [-0.39, 0.29) is 18.6 Å². The number of carbonyl (C=O) groups excluding carboxylic acids is 1. The van der Waals surface area contributed by atoms with Gasteiger partial charge < -0.3 is 9.64 Å². The number of hydrogen-bond donors (Lipinski definition) is 0. The van der Waals surface area contributed by atoms with Gasteiger partial charge in [-0.15, -0.1) is 11.3 Å². The summed E-state index contributed by atoms with van der Waals surface area (Å²) < 4.78 is 5.82. The monoisotopic (exact) mass is 353 g/mol. The van der Waals surface area contributed by atoms with Crippen LogP contribution in [0.15, 0.2) is 30.6 Å². The quantitative estimate of drug-likeness (QED) is 0.721. The lowest BCUT2D eigenvalue weighted by Crippen LogP contribution is -2.39. The maximum Gasteiger partial charge on any atom is 0.265 e. The fourth-order valence-electron chi connectivity index (χ4n) is 3.40. The molecule has 128 valence electrons. The first-order chi connectivity index (χ1) is 12.1. The number of thiophene rings is 1. The summed E-state index contributed by atoms with van der Waals surface area (Å²) in [5.74, 6) is 0.439. The van der Waals surface area contributed by atoms with E-state index in [1.807, 2.05) is 30.0 Å². The SMILES string of the molecule is Cc1sc2ncnc(OCC(=O)N3c4ccccc4C[C@@H]3C)c2c1C. The summed E-state index contributed by atoms with van der Waals surface area (Å²) in [5.41, 5.74) is 3.30. The van der Waals surface area contributed by atoms with E-state index in [2.05, 4.69) is 29.9 Å². The molecule has 4 rings (SSSR count). The van der Waals surface area contributed by atoms with Crippen molar-refractivity contribution in [1.82, 2.24) is 9.97 Å². The Hall–Kier alpha value is -2.47. The lowest BCUT2D eigenvalue weighted by atomic mass is 10.1. The first kappa shape index (κ1) is 16.0. The number of carbonyl (C=O) groups is 1. The first-order valence-electron chi connectivity index (χ1n) is 8.29. The van der Waals surface area contributed by atoms with Crippen molar-refractivity contribution < 1.29 is 9.53 Å². The number of anilines is 1. The predicted octanol–water partition coefficient (Wildman–Crippen LogP) is 3.66. The van der Waals surface area contributed by atoms with E-state index in [0.29, 0.717) is 5.88 Å². The predicted molar refractivity (Wildman–Crippen MR) is 99.5 cm³/mol. The van der Waals surface area contributed by atoms with Gasteiger partial charge in [-0.25, -0.2) is 9.97 Å². The smallest absolute Gasteiger partial charge is 0.265 e. The van der Waals surface area contributed by atoms with E-state index >= 15 is 0 Å². The number of amides is 1. The van der Waals surface area contributed by atoms with E-state index in [4.69, 9.17) is 4.74 Å². The molecular formula is C19H19N3O2S. The first-order valence-corrected chi connectivity index (χ1v) is 9.11. The molecule has 0 radical (unpaired) electrons. The van der Waals surface area contributed by atoms with Crippen LogP contribution in [0.5, 0.6) is 5.88 Å². The lowest BCUT2D eigenvalue weighted by molar-refractivity contribution is -0.120. The van der Waals surface area contributed by atoms with Crippen LogP contribution in [0.4, 0.5) is 5.69 Å². The zero-order valence-corrected chi connectivity index (χ0v) is 15.3. The van der Waals surface area contributed by atoms with Crippen molar-refractivity contribution in [2.45, 2.75) is 33.2 Å². The van der Waals surface area contributed by atoms with Crippen LogP contribution in [-0.4, -0.2) is 28.5 Å². The third kappa shape index (κ3) is 2.66. The topological polar surface area (TPSA) is 55.3 Å². The van der Waals surface area contributed by atoms with Crippen molar-refractivity contribution >= 4 is 33.1 Å². The molecule has 1 aromatic carbocycles. The van der Waals surface area contributed by atoms with Crippen LogP contribution in [0.2, 0.25) is 0 Å². The van der Waals surface area contributed by atoms with Gasteiger partial charge >= 0.3 is 0 Å². The molecule has 1 aliphatic heterocycles. The van der Waals surface area contributed by atoms with Crippen molar-refractivity contribution in [3.05, 3.63) is 46.6 Å². The molecule has 2 aromatic heterocycles. The molecule has 25 heavy (non-hydrogen) atoms. The Balaban J connectivity index is 1.57. The van der Waals surface area contributed by atoms with Crippen LogP contribution in [0.25, 0.3) is 10.2 Å². The minimum atomic E-state index is -0.0474. The Labute approximate surface area is 150 Å². The number of aryl methyl sites for hydroxylation is 2. The number of nitrogens with zero attached hydrogens (tertiary/aromatic N) is 3. The summed E-state index contributed by atoms with van der Waals surface area (Å²) in [4.78, 5) is 25.2. The highest BCUT2D eigenvalue weighted by Crippen LogP contribution is 2.34. The highest BCUT2D eigenvalue weighted by molar-refractivity contribution is 7.18. The van der Waals surface area contributed by atoms with Gasteiger partial charge in [0.1, 0.15) is 11.2 Å². The van der Waals surface area contributed by atoms with Gasteiger partial charge in [0.25, 0.3) is 5.91 Å². The fraction of sp³-hybridized carbons (Fsp3) is 0.316. The van der Waals surface area contributed by atoms with Gasteiger partial charge in [-0.05, 0) is 44.4 Å². The van der Waals surface area contributed by atoms with E-state index in [1.54, 1.807) is 11.3 Å². The standard InChI is InChI=1S/C19H19N3O2S/c1-11-8-14-6-4-5-7-15(14)22(11)16(23)9-24-18-17-12(2)13(3)25-19(17)21-10-20-18/h4-7,10-11H,8-9H2,1-3H3/t11-/m0/s1. The molecule has 6 heteroatoms. The highest BCUT2D eigenvalue weighted by Gasteiger charge is 2.30. The van der Waals surface area contributed by atoms with Crippen LogP contribution >= 0.6 is 11.3 Å². The second-order valence-corrected chi connectivity index (χ2v) is 7.58. The Morgan fingerprint density at radius 1 is 1.32 bits per heavy atom. The largest absolute Gasteiger partial charge is 0.467 e. The second-order valence-electron chi connectivity index (χ2n) is 6.38. The zero-order chi connectivity index (χ0) is 17.6. The van der Waals surface area contributed by atoms with Crippen LogP contribution in [0.1, 0.15) is 22.9 Å². The molecule has 3 heterocycles. The number of hydrogen-bond acceptors (Lipinski definition) is 5. The van der Waals surface area contributed by atoms with Crippen LogP contribution < -0.4 is 9.64 Å². The molecule has 0 N–H and O–H groups in total. The summed E-state index contributed by atoms with van der Waals surface area (Å²) >= 11 is 1.62. The minimum absolute atomic E-state index is 0.0286. The summed E-state index contributed by atoms with van der Waals surface area (Å²) in [6.45, 7) is 6.12. The van der Waals surface area contributed by atoms with Crippen molar-refractivity contribution in [2.24, 2.45) is 0 Å². The molecule has 0 aliphatic carbocycles. The van der Waals surface area contributed by atoms with Crippen molar-refractivity contribution in [3.8, 4) is 5.88 Å². The average molecular weight is 353 g/mol. The normalized spacial score (nSPS) is 16.3. The van der Waals surface area contributed by atoms with Gasteiger partial charge in [-0.3, -0.25) is 4.79 Å². The summed E-state index contributed by atoms with van der Waals surface area (Å²) in [5, 5.41) is 0.910. The molecule has 1 atom stereocenters. The number of rotatable bonds is 3. The molecule has 0 saturated carbocycles. The minimum Gasteiger partial charge on any atom is -0.467 e. The molecule has 0 bridgehead atoms. The molecule has 3 aromatic rings. The number of benzene rings is 1. The van der Waals surface area contributed by atoms with Gasteiger partial charge in [-0.2, -0.15) is 0 Å². The Bertz CT molecular complexity index is 966. The number of ether oxygens (including phenoxy) is 1. The van der Waals surface area contributed by atoms with E-state index in [0.717, 1.165) is 27.9 Å². The molecule has 5 nitrogen and oxygen atoms in total. The Kier molecular flexibility index (Phi) is 3.92. The van der Waals surface area contributed by atoms with Gasteiger partial charge in [-0.1, -0.05) is 18.2 Å². The van der Waals surface area contributed by atoms with Crippen molar-refractivity contribution in [1.29, 1.82) is 0 Å². The van der Waals surface area contributed by atoms with Crippen LogP contribution in [0.3, 0.4) is 0 Å². The molecular weight excluding hydrogens is 334 g/mol. The van der Waals surface area contributed by atoms with Crippen molar-refractivity contribution in [3.63, 3.8) is 0 Å². The molecule has 0 saturated heterocycles. The maximum absolute atomic E-state index is 12.8. The summed E-state index contributed by atoms with van der Waals surface area (Å²) in [6, 6.07) is 8.18. The number of fused-ring (bicyclic) bond motifs is 2. The van der Waals surface area contributed by atoms with Crippen LogP contribution in [-0.2, 0) is 11.2 Å². The van der Waals surface area contributed by atoms with E-state index < -0.39 is 0 Å². The second kappa shape index (κ2) is 6.11. The molecule has 0 spiro atoms. The average Bonchev–Trinajstić information content (AvgIpc) is 3.09. The summed E-state index contributed by atoms with van der Waals surface area (Å²) in [7, 11) is 0. The molecule has 0 unspecified atom stereocenters. The Morgan fingerprint density at radius 3 is 2.96 bits per heavy atom. The molecule has 1 aliphatic rings. The lowest BCUT2D eigenvalue weighted by Gasteiger charge is -2.22. The fourth-order valence-corrected chi connectivity index (χ4v) is 4.39. The third-order valence-electron chi connectivity index (χ3n) is 4.74. The molecule has 0 fully saturated rings. The Morgan fingerprint density at radius 2 is 2.12 bits per heavy atom. The van der Waals surface area contributed by atoms with Gasteiger partial charge in [0.2, 0.25) is 5.88 Å². The summed E-state index contributed by atoms with van der Waals surface area (Å²) in [6.07, 6.45) is 2.37. The molecule has 1 amide bonds. The number of aromatic nitrogens is 2. The van der Waals surface area contributed by atoms with E-state index in [1.165, 1.54) is 16.8 Å². The van der Waals surface area contributed by atoms with Crippen molar-refractivity contribution in [2.75, 3.05) is 11.5 Å². The van der Waals surface area contributed by atoms with Gasteiger partial charge in [0, 0.05) is 16.6 Å². The van der Waals surface area contributed by atoms with E-state index in [9.17, 15) is 4.79 Å². The maximum atomic E-state index is 12.8.